The predicted octanol–water partition coefficient (Wildman–Crippen LogP) is 2.89. The molecule has 5 heteroatoms. The average molecular weight is 290 g/mol. The van der Waals surface area contributed by atoms with E-state index < -0.39 is 23.8 Å². The lowest BCUT2D eigenvalue weighted by Gasteiger charge is -2.24. The van der Waals surface area contributed by atoms with Crippen LogP contribution in [-0.4, -0.2) is 27.2 Å². The number of carbonyl (C=O) groups is 1. The molecule has 2 heterocycles. The number of aliphatic hydroxyl groups excluding tert-OH is 1. The summed E-state index contributed by atoms with van der Waals surface area (Å²) in [4.78, 5) is 11.8. The normalized spacial score (nSPS) is 14.7. The fourth-order valence-electron chi connectivity index (χ4n) is 2.15. The van der Waals surface area contributed by atoms with Gasteiger partial charge < -0.3 is 19.6 Å². The first-order chi connectivity index (χ1) is 9.78. The molecule has 21 heavy (non-hydrogen) atoms. The fraction of sp³-hybridized carbons (Fsp3) is 0.438. The molecule has 0 aliphatic carbocycles. The third-order valence-corrected chi connectivity index (χ3v) is 3.12. The van der Waals surface area contributed by atoms with Gasteiger partial charge in [0.15, 0.2) is 0 Å². The van der Waals surface area contributed by atoms with Crippen LogP contribution in [0.15, 0.2) is 36.5 Å². The maximum Gasteiger partial charge on any atom is 0.407 e. The van der Waals surface area contributed by atoms with Crippen LogP contribution >= 0.6 is 0 Å². The first-order valence-electron chi connectivity index (χ1n) is 7.01. The van der Waals surface area contributed by atoms with Crippen LogP contribution in [0.2, 0.25) is 0 Å². The Labute approximate surface area is 124 Å². The molecule has 0 bridgehead atoms. The first kappa shape index (κ1) is 15.4. The Morgan fingerprint density at radius 2 is 2.00 bits per heavy atom. The Balaban J connectivity index is 2.09. The van der Waals surface area contributed by atoms with Crippen LogP contribution in [0.5, 0.6) is 0 Å². The summed E-state index contributed by atoms with van der Waals surface area (Å²) in [7, 11) is 0. The quantitative estimate of drug-likeness (QED) is 0.913. The van der Waals surface area contributed by atoms with Crippen LogP contribution in [0.4, 0.5) is 4.79 Å². The highest BCUT2D eigenvalue weighted by Gasteiger charge is 2.23. The van der Waals surface area contributed by atoms with Gasteiger partial charge in [-0.2, -0.15) is 0 Å². The minimum atomic E-state index is -0.817. The van der Waals surface area contributed by atoms with Crippen molar-refractivity contribution in [3.63, 3.8) is 0 Å². The Hall–Kier alpha value is -2.01. The van der Waals surface area contributed by atoms with Crippen molar-refractivity contribution in [1.82, 2.24) is 9.72 Å². The molecule has 0 unspecified atom stereocenters. The maximum absolute atomic E-state index is 11.8. The van der Waals surface area contributed by atoms with E-state index in [-0.39, 0.29) is 0 Å². The molecule has 1 amide bonds. The number of hydrogen-bond donors (Lipinski definition) is 2. The molecule has 0 saturated heterocycles. The summed E-state index contributed by atoms with van der Waals surface area (Å²) in [5.41, 5.74) is 1.17. The zero-order valence-corrected chi connectivity index (χ0v) is 12.8. The maximum atomic E-state index is 11.8. The zero-order chi connectivity index (χ0) is 15.6. The molecule has 0 aromatic carbocycles. The molecule has 2 aromatic rings. The highest BCUT2D eigenvalue weighted by atomic mass is 16.6. The number of carbonyl (C=O) groups excluding carboxylic acids is 1. The van der Waals surface area contributed by atoms with E-state index in [9.17, 15) is 9.90 Å². The summed E-state index contributed by atoms with van der Waals surface area (Å²) in [6.45, 7) is 7.15. The summed E-state index contributed by atoms with van der Waals surface area (Å²) in [5.74, 6) is 0. The van der Waals surface area contributed by atoms with Crippen LogP contribution in [0.3, 0.4) is 0 Å². The van der Waals surface area contributed by atoms with E-state index in [0.717, 1.165) is 11.2 Å². The summed E-state index contributed by atoms with van der Waals surface area (Å²) in [5, 5.41) is 13.1. The number of amides is 1. The number of pyridine rings is 1. The van der Waals surface area contributed by atoms with Crippen molar-refractivity contribution in [3.8, 4) is 0 Å². The van der Waals surface area contributed by atoms with Gasteiger partial charge in [0.2, 0.25) is 0 Å². The highest BCUT2D eigenvalue weighted by molar-refractivity contribution is 5.68. The fourth-order valence-corrected chi connectivity index (χ4v) is 2.15. The van der Waals surface area contributed by atoms with Gasteiger partial charge in [-0.05, 0) is 52.0 Å². The van der Waals surface area contributed by atoms with Gasteiger partial charge in [0, 0.05) is 11.7 Å². The van der Waals surface area contributed by atoms with E-state index in [2.05, 4.69) is 5.32 Å². The van der Waals surface area contributed by atoms with Gasteiger partial charge in [-0.25, -0.2) is 4.79 Å². The van der Waals surface area contributed by atoms with Crippen LogP contribution in [-0.2, 0) is 4.74 Å². The number of rotatable bonds is 3. The van der Waals surface area contributed by atoms with E-state index in [1.807, 2.05) is 40.9 Å². The number of aliphatic hydroxyl groups is 1. The Morgan fingerprint density at radius 3 is 2.67 bits per heavy atom. The standard InChI is InChI=1S/C16H22N2O3/c1-11(17-15(20)21-16(2,3)4)14(19)13-9-8-12-7-5-6-10-18(12)13/h5-11,14,19H,1-4H3,(H,17,20)/t11-,14+/m0/s1. The number of ether oxygens (including phenoxy) is 1. The number of nitrogens with zero attached hydrogens (tertiary/aromatic N) is 1. The van der Waals surface area contributed by atoms with Crippen LogP contribution in [0.1, 0.15) is 39.5 Å². The molecule has 0 saturated carbocycles. The Morgan fingerprint density at radius 1 is 1.29 bits per heavy atom. The smallest absolute Gasteiger partial charge is 0.407 e. The Bertz CT molecular complexity index is 628. The van der Waals surface area contributed by atoms with Crippen molar-refractivity contribution in [1.29, 1.82) is 0 Å². The van der Waals surface area contributed by atoms with Gasteiger partial charge in [-0.3, -0.25) is 0 Å². The molecule has 2 rings (SSSR count). The zero-order valence-electron chi connectivity index (χ0n) is 12.8. The minimum absolute atomic E-state index is 0.460. The third-order valence-electron chi connectivity index (χ3n) is 3.12. The van der Waals surface area contributed by atoms with Crippen LogP contribution in [0.25, 0.3) is 5.52 Å². The van der Waals surface area contributed by atoms with Gasteiger partial charge in [0.25, 0.3) is 0 Å². The molecule has 0 radical (unpaired) electrons. The largest absolute Gasteiger partial charge is 0.444 e. The molecule has 2 atom stereocenters. The first-order valence-corrected chi connectivity index (χ1v) is 7.01. The van der Waals surface area contributed by atoms with Gasteiger partial charge in [0.1, 0.15) is 11.7 Å². The number of hydrogen-bond acceptors (Lipinski definition) is 3. The minimum Gasteiger partial charge on any atom is -0.444 e. The second-order valence-corrected chi connectivity index (χ2v) is 6.13. The molecule has 114 valence electrons. The van der Waals surface area contributed by atoms with E-state index >= 15 is 0 Å². The van der Waals surface area contributed by atoms with E-state index in [4.69, 9.17) is 4.74 Å². The number of alkyl carbamates (subject to hydrolysis) is 1. The lowest BCUT2D eigenvalue weighted by Crippen LogP contribution is -2.40. The molecule has 0 spiro atoms. The SMILES string of the molecule is C[C@H](NC(=O)OC(C)(C)C)[C@@H](O)c1ccc2ccccn12. The second-order valence-electron chi connectivity index (χ2n) is 6.13. The number of fused-ring (bicyclic) bond motifs is 1. The molecule has 2 aromatic heterocycles. The predicted molar refractivity (Wildman–Crippen MR) is 81.2 cm³/mol. The van der Waals surface area contributed by atoms with Gasteiger partial charge >= 0.3 is 6.09 Å². The summed E-state index contributed by atoms with van der Waals surface area (Å²) in [6.07, 6.45) is 0.533. The lowest BCUT2D eigenvalue weighted by molar-refractivity contribution is 0.0431. The second kappa shape index (κ2) is 5.77. The van der Waals surface area contributed by atoms with E-state index in [1.165, 1.54) is 0 Å². The van der Waals surface area contributed by atoms with Crippen molar-refractivity contribution in [3.05, 3.63) is 42.2 Å². The lowest BCUT2D eigenvalue weighted by atomic mass is 10.1. The summed E-state index contributed by atoms with van der Waals surface area (Å²) in [6, 6.07) is 9.12. The molecular formula is C16H22N2O3. The van der Waals surface area contributed by atoms with Crippen molar-refractivity contribution in [2.24, 2.45) is 0 Å². The van der Waals surface area contributed by atoms with Crippen LogP contribution < -0.4 is 5.32 Å². The van der Waals surface area contributed by atoms with Crippen molar-refractivity contribution in [2.45, 2.75) is 45.4 Å². The summed E-state index contributed by atoms with van der Waals surface area (Å²) >= 11 is 0. The van der Waals surface area contributed by atoms with Gasteiger partial charge in [-0.1, -0.05) is 6.07 Å². The highest BCUT2D eigenvalue weighted by Crippen LogP contribution is 2.20. The Kier molecular flexibility index (Phi) is 4.23. The van der Waals surface area contributed by atoms with Crippen molar-refractivity contribution in [2.75, 3.05) is 0 Å². The molecule has 0 aliphatic heterocycles. The topological polar surface area (TPSA) is 63.0 Å². The molecule has 5 nitrogen and oxygen atoms in total. The molecule has 2 N–H and O–H groups in total. The van der Waals surface area contributed by atoms with E-state index in [1.54, 1.807) is 27.7 Å². The molecular weight excluding hydrogens is 268 g/mol. The third kappa shape index (κ3) is 3.76. The van der Waals surface area contributed by atoms with Crippen molar-refractivity contribution < 1.29 is 14.6 Å². The monoisotopic (exact) mass is 290 g/mol. The number of aromatic nitrogens is 1. The average Bonchev–Trinajstić information content (AvgIpc) is 2.79. The van der Waals surface area contributed by atoms with Crippen LogP contribution in [0, 0.1) is 0 Å². The number of nitrogens with one attached hydrogen (secondary N) is 1. The van der Waals surface area contributed by atoms with Crippen molar-refractivity contribution >= 4 is 11.6 Å². The molecule has 0 aliphatic rings. The van der Waals surface area contributed by atoms with E-state index in [0.29, 0.717) is 0 Å². The molecule has 0 fully saturated rings. The summed E-state index contributed by atoms with van der Waals surface area (Å²) < 4.78 is 7.10. The van der Waals surface area contributed by atoms with Gasteiger partial charge in [-0.15, -0.1) is 0 Å². The van der Waals surface area contributed by atoms with Gasteiger partial charge in [0.05, 0.1) is 11.7 Å².